The summed E-state index contributed by atoms with van der Waals surface area (Å²) in [6.07, 6.45) is 0. The van der Waals surface area contributed by atoms with Crippen molar-refractivity contribution in [3.8, 4) is 22.3 Å². The maximum atomic E-state index is 2.53. The van der Waals surface area contributed by atoms with Gasteiger partial charge in [-0.05, 0) is 103 Å². The van der Waals surface area contributed by atoms with Crippen LogP contribution in [0.4, 0.5) is 17.1 Å². The molecule has 11 rings (SSSR count). The molecule has 3 aliphatic rings. The lowest BCUT2D eigenvalue weighted by Crippen LogP contribution is -2.33. The Morgan fingerprint density at radius 3 is 1.92 bits per heavy atom. The van der Waals surface area contributed by atoms with Crippen LogP contribution in [0.2, 0.25) is 0 Å². The maximum absolute atomic E-state index is 2.53. The molecule has 0 amide bonds. The molecule has 0 aromatic heterocycles. The third-order valence-electron chi connectivity index (χ3n) is 11.9. The van der Waals surface area contributed by atoms with Crippen LogP contribution in [0.5, 0.6) is 0 Å². The molecule has 8 aromatic rings. The van der Waals surface area contributed by atoms with Gasteiger partial charge in [-0.2, -0.15) is 0 Å². The number of fused-ring (bicyclic) bond motifs is 14. The number of para-hydroxylation sites is 1. The largest absolute Gasteiger partial charge is 0.310 e. The predicted octanol–water partition coefficient (Wildman–Crippen LogP) is 13.4. The molecule has 2 heteroatoms. The average molecular weight is 682 g/mol. The van der Waals surface area contributed by atoms with Crippen LogP contribution in [-0.4, -0.2) is 0 Å². The van der Waals surface area contributed by atoms with Crippen LogP contribution < -0.4 is 4.90 Å². The molecule has 0 saturated heterocycles. The summed E-state index contributed by atoms with van der Waals surface area (Å²) in [5, 5.41) is 2.58. The van der Waals surface area contributed by atoms with Gasteiger partial charge in [0.1, 0.15) is 0 Å². The topological polar surface area (TPSA) is 3.24 Å². The quantitative estimate of drug-likeness (QED) is 0.183. The van der Waals surface area contributed by atoms with Gasteiger partial charge < -0.3 is 4.90 Å². The minimum atomic E-state index is -0.542. The fraction of sp³-hybridized carbons (Fsp3) is 0.0800. The summed E-state index contributed by atoms with van der Waals surface area (Å²) in [6, 6.07) is 66.0. The van der Waals surface area contributed by atoms with Crippen LogP contribution in [0.3, 0.4) is 0 Å². The van der Waals surface area contributed by atoms with Crippen molar-refractivity contribution >= 4 is 39.6 Å². The number of benzene rings is 8. The van der Waals surface area contributed by atoms with Crippen molar-refractivity contribution in [3.63, 3.8) is 0 Å². The number of nitrogens with zero attached hydrogens (tertiary/aromatic N) is 1. The molecule has 0 radical (unpaired) electrons. The third-order valence-corrected chi connectivity index (χ3v) is 13.0. The SMILES string of the molecule is CC1(C)c2ccccc2-c2ccc(N(c3ccccc3)c3cccc4c3C3(c5ccccc5Sc5ccc6ccccc6c53)c3ccccc3-4)cc21. The van der Waals surface area contributed by atoms with Gasteiger partial charge in [0, 0.05) is 32.1 Å². The van der Waals surface area contributed by atoms with E-state index in [1.165, 1.54) is 87.6 Å². The Labute approximate surface area is 309 Å². The highest BCUT2D eigenvalue weighted by Gasteiger charge is 2.53. The van der Waals surface area contributed by atoms with E-state index >= 15 is 0 Å². The first-order chi connectivity index (χ1) is 25.6. The summed E-state index contributed by atoms with van der Waals surface area (Å²) < 4.78 is 0. The average Bonchev–Trinajstić information content (AvgIpc) is 3.61. The standard InChI is InChI=1S/C50H35NS/c1-49(2)40-22-10-8-19-36(40)38-29-28-34(31-43(38)49)51(33-16-4-3-5-17-33)44-25-14-21-39-37-20-9-11-23-41(37)50(47(39)44)42-24-12-13-26-45(42)52-46-30-27-32-15-6-7-18-35(32)48(46)50/h3-31H,1-2H3. The Hall–Kier alpha value is -5.83. The predicted molar refractivity (Wildman–Crippen MR) is 218 cm³/mol. The summed E-state index contributed by atoms with van der Waals surface area (Å²) in [6.45, 7) is 4.75. The third kappa shape index (κ3) is 3.85. The van der Waals surface area contributed by atoms with E-state index in [-0.39, 0.29) is 5.41 Å². The van der Waals surface area contributed by atoms with Crippen LogP contribution in [0.15, 0.2) is 186 Å². The van der Waals surface area contributed by atoms with Crippen molar-refractivity contribution in [2.75, 3.05) is 4.90 Å². The van der Waals surface area contributed by atoms with Crippen molar-refractivity contribution in [1.82, 2.24) is 0 Å². The first-order valence-electron chi connectivity index (χ1n) is 18.2. The fourth-order valence-electron chi connectivity index (χ4n) is 9.74. The van der Waals surface area contributed by atoms with Gasteiger partial charge in [-0.1, -0.05) is 159 Å². The molecular formula is C50H35NS. The Morgan fingerprint density at radius 2 is 1.08 bits per heavy atom. The van der Waals surface area contributed by atoms with Gasteiger partial charge in [0.15, 0.2) is 0 Å². The first kappa shape index (κ1) is 29.9. The van der Waals surface area contributed by atoms with E-state index in [2.05, 4.69) is 195 Å². The minimum Gasteiger partial charge on any atom is -0.310 e. The smallest absolute Gasteiger partial charge is 0.0762 e. The molecule has 8 aromatic carbocycles. The van der Waals surface area contributed by atoms with E-state index in [0.29, 0.717) is 0 Å². The zero-order valence-electron chi connectivity index (χ0n) is 29.1. The van der Waals surface area contributed by atoms with Crippen molar-refractivity contribution in [1.29, 1.82) is 0 Å². The monoisotopic (exact) mass is 681 g/mol. The highest BCUT2D eigenvalue weighted by atomic mass is 32.2. The normalized spacial score (nSPS) is 16.8. The lowest BCUT2D eigenvalue weighted by molar-refractivity contribution is 0.660. The molecule has 1 aliphatic heterocycles. The second kappa shape index (κ2) is 10.8. The molecular weight excluding hydrogens is 647 g/mol. The summed E-state index contributed by atoms with van der Waals surface area (Å²) in [7, 11) is 0. The van der Waals surface area contributed by atoms with E-state index in [0.717, 1.165) is 5.69 Å². The van der Waals surface area contributed by atoms with E-state index < -0.39 is 5.41 Å². The van der Waals surface area contributed by atoms with Crippen LogP contribution >= 0.6 is 11.8 Å². The van der Waals surface area contributed by atoms with Crippen LogP contribution in [0, 0.1) is 0 Å². The molecule has 2 aliphatic carbocycles. The van der Waals surface area contributed by atoms with Gasteiger partial charge in [0.25, 0.3) is 0 Å². The van der Waals surface area contributed by atoms with Gasteiger partial charge in [-0.25, -0.2) is 0 Å². The van der Waals surface area contributed by atoms with E-state index in [1.54, 1.807) is 0 Å². The first-order valence-corrected chi connectivity index (χ1v) is 19.0. The maximum Gasteiger partial charge on any atom is 0.0762 e. The molecule has 1 atom stereocenters. The van der Waals surface area contributed by atoms with Crippen LogP contribution in [-0.2, 0) is 10.8 Å². The number of rotatable bonds is 3. The van der Waals surface area contributed by atoms with Gasteiger partial charge in [-0.3, -0.25) is 0 Å². The number of anilines is 3. The van der Waals surface area contributed by atoms with Gasteiger partial charge in [0.05, 0.1) is 11.1 Å². The summed E-state index contributed by atoms with van der Waals surface area (Å²) in [5.74, 6) is 0. The van der Waals surface area contributed by atoms with Crippen molar-refractivity contribution in [2.45, 2.75) is 34.5 Å². The molecule has 0 saturated carbocycles. The molecule has 1 unspecified atom stereocenters. The Bertz CT molecular complexity index is 2760. The molecule has 0 N–H and O–H groups in total. The number of hydrogen-bond acceptors (Lipinski definition) is 2. The lowest BCUT2D eigenvalue weighted by atomic mass is 9.65. The van der Waals surface area contributed by atoms with Gasteiger partial charge in [0.2, 0.25) is 0 Å². The Kier molecular flexibility index (Phi) is 6.22. The second-order valence-corrected chi connectivity index (χ2v) is 15.9. The number of hydrogen-bond donors (Lipinski definition) is 0. The fourth-order valence-corrected chi connectivity index (χ4v) is 11.0. The van der Waals surface area contributed by atoms with Crippen molar-refractivity contribution in [3.05, 3.63) is 209 Å². The molecule has 0 bridgehead atoms. The zero-order chi connectivity index (χ0) is 34.6. The second-order valence-electron chi connectivity index (χ2n) is 14.8. The van der Waals surface area contributed by atoms with E-state index in [9.17, 15) is 0 Å². The summed E-state index contributed by atoms with van der Waals surface area (Å²) in [5.41, 5.74) is 16.3. The highest BCUT2D eigenvalue weighted by Crippen LogP contribution is 2.66. The van der Waals surface area contributed by atoms with Gasteiger partial charge >= 0.3 is 0 Å². The van der Waals surface area contributed by atoms with Crippen molar-refractivity contribution < 1.29 is 0 Å². The molecule has 52 heavy (non-hydrogen) atoms. The molecule has 1 nitrogen and oxygen atoms in total. The van der Waals surface area contributed by atoms with Crippen LogP contribution in [0.25, 0.3) is 33.0 Å². The van der Waals surface area contributed by atoms with Gasteiger partial charge in [-0.15, -0.1) is 0 Å². The van der Waals surface area contributed by atoms with Crippen LogP contribution in [0.1, 0.15) is 47.2 Å². The Morgan fingerprint density at radius 1 is 0.423 bits per heavy atom. The lowest BCUT2D eigenvalue weighted by Gasteiger charge is -2.42. The molecule has 0 fully saturated rings. The zero-order valence-corrected chi connectivity index (χ0v) is 29.9. The Balaban J connectivity index is 1.27. The minimum absolute atomic E-state index is 0.113. The molecule has 246 valence electrons. The van der Waals surface area contributed by atoms with Crippen molar-refractivity contribution in [2.24, 2.45) is 0 Å². The highest BCUT2D eigenvalue weighted by molar-refractivity contribution is 7.99. The summed E-state index contributed by atoms with van der Waals surface area (Å²) in [4.78, 5) is 5.16. The molecule has 1 spiro atoms. The summed E-state index contributed by atoms with van der Waals surface area (Å²) >= 11 is 1.91. The van der Waals surface area contributed by atoms with E-state index in [4.69, 9.17) is 0 Å². The molecule has 1 heterocycles. The van der Waals surface area contributed by atoms with E-state index in [1.807, 2.05) is 11.8 Å².